The monoisotopic (exact) mass is 234 g/mol. The molecule has 1 heterocycles. The number of aliphatic carboxylic acids is 1. The van der Waals surface area contributed by atoms with E-state index in [9.17, 15) is 4.79 Å². The molecule has 1 aliphatic heterocycles. The number of rotatable bonds is 3. The highest BCUT2D eigenvalue weighted by atomic mass is 16.4. The van der Waals surface area contributed by atoms with E-state index in [-0.39, 0.29) is 6.54 Å². The molecular formula is C13H18N2O2. The molecule has 0 fully saturated rings. The van der Waals surface area contributed by atoms with Crippen molar-refractivity contribution in [3.63, 3.8) is 0 Å². The Kier molecular flexibility index (Phi) is 3.52. The Hall–Kier alpha value is -1.71. The second kappa shape index (κ2) is 5.08. The lowest BCUT2D eigenvalue weighted by Crippen LogP contribution is -2.31. The van der Waals surface area contributed by atoms with Crippen LogP contribution in [0.4, 0.5) is 11.4 Å². The Labute approximate surface area is 101 Å². The first-order chi connectivity index (χ1) is 8.22. The summed E-state index contributed by atoms with van der Waals surface area (Å²) in [5.74, 6) is -0.774. The minimum absolute atomic E-state index is 0.0751. The molecule has 0 radical (unpaired) electrons. The van der Waals surface area contributed by atoms with Crippen molar-refractivity contribution in [2.24, 2.45) is 0 Å². The van der Waals surface area contributed by atoms with E-state index in [2.05, 4.69) is 18.3 Å². The van der Waals surface area contributed by atoms with Gasteiger partial charge in [-0.2, -0.15) is 0 Å². The van der Waals surface area contributed by atoms with E-state index in [0.29, 0.717) is 0 Å². The molecule has 4 nitrogen and oxygen atoms in total. The number of carboxylic acids is 1. The third kappa shape index (κ3) is 2.52. The van der Waals surface area contributed by atoms with E-state index in [4.69, 9.17) is 5.11 Å². The molecule has 1 aliphatic rings. The van der Waals surface area contributed by atoms with Gasteiger partial charge >= 0.3 is 5.97 Å². The molecule has 0 amide bonds. The molecule has 4 heteroatoms. The topological polar surface area (TPSA) is 52.6 Å². The van der Waals surface area contributed by atoms with E-state index in [1.165, 1.54) is 5.56 Å². The molecule has 0 bridgehead atoms. The molecule has 0 atom stereocenters. The fourth-order valence-electron chi connectivity index (χ4n) is 2.32. The van der Waals surface area contributed by atoms with Crippen molar-refractivity contribution in [1.82, 2.24) is 0 Å². The van der Waals surface area contributed by atoms with Crippen LogP contribution in [0.2, 0.25) is 0 Å². The van der Waals surface area contributed by atoms with E-state index < -0.39 is 5.97 Å². The first-order valence-electron chi connectivity index (χ1n) is 6.05. The molecule has 0 spiro atoms. The Morgan fingerprint density at radius 3 is 3.06 bits per heavy atom. The van der Waals surface area contributed by atoms with Gasteiger partial charge in [0.25, 0.3) is 0 Å². The summed E-state index contributed by atoms with van der Waals surface area (Å²) in [6.45, 7) is 3.87. The molecule has 1 aromatic carbocycles. The highest BCUT2D eigenvalue weighted by Gasteiger charge is 2.19. The Bertz CT molecular complexity index is 418. The van der Waals surface area contributed by atoms with Crippen LogP contribution in [0.3, 0.4) is 0 Å². The number of carbonyl (C=O) groups is 1. The highest BCUT2D eigenvalue weighted by Crippen LogP contribution is 2.32. The fourth-order valence-corrected chi connectivity index (χ4v) is 2.32. The van der Waals surface area contributed by atoms with Crippen molar-refractivity contribution < 1.29 is 9.90 Å². The summed E-state index contributed by atoms with van der Waals surface area (Å²) in [6, 6.07) is 6.12. The summed E-state index contributed by atoms with van der Waals surface area (Å²) in [5, 5.41) is 12.4. The van der Waals surface area contributed by atoms with Crippen LogP contribution in [-0.2, 0) is 11.2 Å². The standard InChI is InChI=1S/C13H18N2O2/c1-2-10-5-3-6-11-13(10)15(9-12(16)17)8-4-7-14-11/h3,5-6,14H,2,4,7-9H2,1H3,(H,16,17). The van der Waals surface area contributed by atoms with Gasteiger partial charge in [0, 0.05) is 13.1 Å². The maximum atomic E-state index is 10.9. The summed E-state index contributed by atoms with van der Waals surface area (Å²) < 4.78 is 0. The summed E-state index contributed by atoms with van der Waals surface area (Å²) in [6.07, 6.45) is 1.88. The van der Waals surface area contributed by atoms with Crippen LogP contribution in [0, 0.1) is 0 Å². The average molecular weight is 234 g/mol. The number of hydrogen-bond donors (Lipinski definition) is 2. The SMILES string of the molecule is CCc1cccc2c1N(CC(=O)O)CCCN2. The van der Waals surface area contributed by atoms with Crippen molar-refractivity contribution >= 4 is 17.3 Å². The normalized spacial score (nSPS) is 14.8. The van der Waals surface area contributed by atoms with Gasteiger partial charge in [0.2, 0.25) is 0 Å². The predicted molar refractivity (Wildman–Crippen MR) is 68.8 cm³/mol. The van der Waals surface area contributed by atoms with Crippen molar-refractivity contribution in [1.29, 1.82) is 0 Å². The van der Waals surface area contributed by atoms with Gasteiger partial charge in [0.15, 0.2) is 0 Å². The zero-order valence-electron chi connectivity index (χ0n) is 10.1. The summed E-state index contributed by atoms with van der Waals surface area (Å²) >= 11 is 0. The first-order valence-corrected chi connectivity index (χ1v) is 6.05. The third-order valence-corrected chi connectivity index (χ3v) is 3.06. The lowest BCUT2D eigenvalue weighted by molar-refractivity contribution is -0.135. The van der Waals surface area contributed by atoms with Crippen LogP contribution in [0.5, 0.6) is 0 Å². The number of nitrogens with one attached hydrogen (secondary N) is 1. The van der Waals surface area contributed by atoms with Crippen molar-refractivity contribution in [3.8, 4) is 0 Å². The number of anilines is 2. The van der Waals surface area contributed by atoms with E-state index in [1.54, 1.807) is 0 Å². The van der Waals surface area contributed by atoms with Gasteiger partial charge in [-0.1, -0.05) is 19.1 Å². The second-order valence-electron chi connectivity index (χ2n) is 4.26. The Balaban J connectivity index is 2.41. The average Bonchev–Trinajstić information content (AvgIpc) is 2.51. The molecule has 0 aromatic heterocycles. The molecule has 0 aliphatic carbocycles. The largest absolute Gasteiger partial charge is 0.480 e. The quantitative estimate of drug-likeness (QED) is 0.839. The molecule has 2 N–H and O–H groups in total. The zero-order valence-corrected chi connectivity index (χ0v) is 10.1. The number of fused-ring (bicyclic) bond motifs is 1. The van der Waals surface area contributed by atoms with Gasteiger partial charge in [-0.05, 0) is 24.5 Å². The third-order valence-electron chi connectivity index (χ3n) is 3.06. The van der Waals surface area contributed by atoms with Crippen LogP contribution in [0.1, 0.15) is 18.9 Å². The van der Waals surface area contributed by atoms with Crippen LogP contribution in [-0.4, -0.2) is 30.7 Å². The molecule has 17 heavy (non-hydrogen) atoms. The van der Waals surface area contributed by atoms with Gasteiger partial charge < -0.3 is 15.3 Å². The highest BCUT2D eigenvalue weighted by molar-refractivity contribution is 5.80. The molecule has 0 saturated carbocycles. The molecule has 0 saturated heterocycles. The summed E-state index contributed by atoms with van der Waals surface area (Å²) in [4.78, 5) is 12.9. The van der Waals surface area contributed by atoms with Crippen LogP contribution in [0.25, 0.3) is 0 Å². The summed E-state index contributed by atoms with van der Waals surface area (Å²) in [5.41, 5.74) is 3.33. The molecule has 2 rings (SSSR count). The number of benzene rings is 1. The van der Waals surface area contributed by atoms with Gasteiger partial charge in [-0.3, -0.25) is 4.79 Å². The minimum Gasteiger partial charge on any atom is -0.480 e. The first kappa shape index (κ1) is 11.8. The van der Waals surface area contributed by atoms with Crippen LogP contribution < -0.4 is 10.2 Å². The minimum atomic E-state index is -0.774. The lowest BCUT2D eigenvalue weighted by atomic mass is 10.1. The maximum absolute atomic E-state index is 10.9. The van der Waals surface area contributed by atoms with Gasteiger partial charge in [0.1, 0.15) is 6.54 Å². The fraction of sp³-hybridized carbons (Fsp3) is 0.462. The lowest BCUT2D eigenvalue weighted by Gasteiger charge is -2.25. The van der Waals surface area contributed by atoms with Crippen molar-refractivity contribution in [3.05, 3.63) is 23.8 Å². The van der Waals surface area contributed by atoms with Crippen LogP contribution >= 0.6 is 0 Å². The Morgan fingerprint density at radius 1 is 1.53 bits per heavy atom. The number of nitrogens with zero attached hydrogens (tertiary/aromatic N) is 1. The molecule has 0 unspecified atom stereocenters. The van der Waals surface area contributed by atoms with Gasteiger partial charge in [-0.15, -0.1) is 0 Å². The Morgan fingerprint density at radius 2 is 2.35 bits per heavy atom. The van der Waals surface area contributed by atoms with E-state index in [0.717, 1.165) is 37.3 Å². The van der Waals surface area contributed by atoms with Crippen molar-refractivity contribution in [2.45, 2.75) is 19.8 Å². The molecular weight excluding hydrogens is 216 g/mol. The zero-order chi connectivity index (χ0) is 12.3. The predicted octanol–water partition coefficient (Wildman–Crippen LogP) is 1.96. The van der Waals surface area contributed by atoms with E-state index >= 15 is 0 Å². The number of para-hydroxylation sites is 1. The van der Waals surface area contributed by atoms with Crippen molar-refractivity contribution in [2.75, 3.05) is 29.9 Å². The van der Waals surface area contributed by atoms with Gasteiger partial charge in [-0.25, -0.2) is 0 Å². The number of carboxylic acid groups (broad SMARTS) is 1. The van der Waals surface area contributed by atoms with E-state index in [1.807, 2.05) is 17.0 Å². The van der Waals surface area contributed by atoms with Crippen LogP contribution in [0.15, 0.2) is 18.2 Å². The van der Waals surface area contributed by atoms with Gasteiger partial charge in [0.05, 0.1) is 11.4 Å². The molecule has 1 aromatic rings. The summed E-state index contributed by atoms with van der Waals surface area (Å²) in [7, 11) is 0. The number of aryl methyl sites for hydroxylation is 1. The molecule has 92 valence electrons. The number of hydrogen-bond acceptors (Lipinski definition) is 3. The second-order valence-corrected chi connectivity index (χ2v) is 4.26. The maximum Gasteiger partial charge on any atom is 0.323 e. The smallest absolute Gasteiger partial charge is 0.323 e.